The Hall–Kier alpha value is -2.20. The van der Waals surface area contributed by atoms with Gasteiger partial charge < -0.3 is 5.73 Å². The van der Waals surface area contributed by atoms with E-state index in [-0.39, 0.29) is 6.04 Å². The van der Waals surface area contributed by atoms with E-state index in [9.17, 15) is 0 Å². The lowest BCUT2D eigenvalue weighted by molar-refractivity contribution is 0.792. The van der Waals surface area contributed by atoms with E-state index in [2.05, 4.69) is 14.4 Å². The molecule has 3 aromatic heterocycles. The van der Waals surface area contributed by atoms with Crippen LogP contribution in [0, 0.1) is 0 Å². The normalized spacial score (nSPS) is 12.8. The predicted molar refractivity (Wildman–Crippen MR) is 71.0 cm³/mol. The number of hydrogen-bond donors (Lipinski definition) is 1. The number of nitrogens with zero attached hydrogens (tertiary/aromatic N) is 3. The molecule has 3 rings (SSSR count). The van der Waals surface area contributed by atoms with Crippen molar-refractivity contribution in [3.8, 4) is 11.3 Å². The number of pyridine rings is 2. The van der Waals surface area contributed by atoms with Gasteiger partial charge in [0, 0.05) is 30.2 Å². The zero-order chi connectivity index (χ0) is 12.5. The molecule has 4 heteroatoms. The molecular weight excluding hydrogens is 224 g/mol. The Morgan fingerprint density at radius 1 is 1.22 bits per heavy atom. The van der Waals surface area contributed by atoms with Gasteiger partial charge in [0.15, 0.2) is 0 Å². The second-order valence-electron chi connectivity index (χ2n) is 4.30. The molecule has 1 atom stereocenters. The first-order valence-corrected chi connectivity index (χ1v) is 5.90. The van der Waals surface area contributed by atoms with Gasteiger partial charge in [-0.15, -0.1) is 0 Å². The zero-order valence-corrected chi connectivity index (χ0v) is 10.1. The van der Waals surface area contributed by atoms with Gasteiger partial charge in [-0.3, -0.25) is 9.38 Å². The average Bonchev–Trinajstić information content (AvgIpc) is 2.79. The molecule has 0 saturated heterocycles. The minimum Gasteiger partial charge on any atom is -0.323 e. The Morgan fingerprint density at radius 3 is 2.83 bits per heavy atom. The van der Waals surface area contributed by atoms with Gasteiger partial charge in [0.25, 0.3) is 0 Å². The summed E-state index contributed by atoms with van der Waals surface area (Å²) in [5.41, 5.74) is 9.88. The van der Waals surface area contributed by atoms with Crippen LogP contribution < -0.4 is 5.73 Å². The van der Waals surface area contributed by atoms with E-state index in [0.717, 1.165) is 22.6 Å². The molecule has 0 aliphatic heterocycles. The van der Waals surface area contributed by atoms with E-state index in [0.29, 0.717) is 0 Å². The van der Waals surface area contributed by atoms with Gasteiger partial charge in [0.1, 0.15) is 5.65 Å². The molecule has 0 aliphatic rings. The summed E-state index contributed by atoms with van der Waals surface area (Å²) in [7, 11) is 0. The van der Waals surface area contributed by atoms with Crippen molar-refractivity contribution in [2.24, 2.45) is 5.73 Å². The van der Waals surface area contributed by atoms with Crippen molar-refractivity contribution in [3.05, 3.63) is 54.6 Å². The lowest BCUT2D eigenvalue weighted by Gasteiger charge is -2.07. The van der Waals surface area contributed by atoms with E-state index in [1.807, 2.05) is 49.6 Å². The van der Waals surface area contributed by atoms with E-state index < -0.39 is 0 Å². The molecule has 0 saturated carbocycles. The summed E-state index contributed by atoms with van der Waals surface area (Å²) in [6.45, 7) is 1.95. The fourth-order valence-electron chi connectivity index (χ4n) is 2.12. The van der Waals surface area contributed by atoms with Gasteiger partial charge in [-0.05, 0) is 31.2 Å². The standard InChI is InChI=1S/C14H14N4/c1-10(15)13-14(11-5-4-7-16-9-11)18-8-3-2-6-12(18)17-13/h2-10H,15H2,1H3/t10-/m0/s1. The highest BCUT2D eigenvalue weighted by atomic mass is 15.0. The second kappa shape index (κ2) is 4.23. The highest BCUT2D eigenvalue weighted by molar-refractivity contribution is 5.67. The van der Waals surface area contributed by atoms with E-state index in [1.165, 1.54) is 0 Å². The third-order valence-corrected chi connectivity index (χ3v) is 2.92. The van der Waals surface area contributed by atoms with Crippen molar-refractivity contribution in [3.63, 3.8) is 0 Å². The van der Waals surface area contributed by atoms with Crippen molar-refractivity contribution >= 4 is 5.65 Å². The van der Waals surface area contributed by atoms with Crippen molar-refractivity contribution in [1.29, 1.82) is 0 Å². The third-order valence-electron chi connectivity index (χ3n) is 2.92. The van der Waals surface area contributed by atoms with Gasteiger partial charge in [0.2, 0.25) is 0 Å². The summed E-state index contributed by atoms with van der Waals surface area (Å²) in [5, 5.41) is 0. The summed E-state index contributed by atoms with van der Waals surface area (Å²) >= 11 is 0. The predicted octanol–water partition coefficient (Wildman–Crippen LogP) is 2.42. The quantitative estimate of drug-likeness (QED) is 0.746. The Morgan fingerprint density at radius 2 is 2.11 bits per heavy atom. The van der Waals surface area contributed by atoms with Crippen LogP contribution in [0.2, 0.25) is 0 Å². The molecule has 4 nitrogen and oxygen atoms in total. The van der Waals surface area contributed by atoms with Gasteiger partial charge in [-0.2, -0.15) is 0 Å². The van der Waals surface area contributed by atoms with Gasteiger partial charge in [-0.25, -0.2) is 4.98 Å². The lowest BCUT2D eigenvalue weighted by atomic mass is 10.1. The van der Waals surface area contributed by atoms with Crippen molar-refractivity contribution in [2.75, 3.05) is 0 Å². The average molecular weight is 238 g/mol. The van der Waals surface area contributed by atoms with E-state index in [1.54, 1.807) is 6.20 Å². The molecule has 18 heavy (non-hydrogen) atoms. The number of aromatic nitrogens is 3. The van der Waals surface area contributed by atoms with Crippen molar-refractivity contribution < 1.29 is 0 Å². The van der Waals surface area contributed by atoms with Crippen LogP contribution in [-0.4, -0.2) is 14.4 Å². The number of hydrogen-bond acceptors (Lipinski definition) is 3. The fourth-order valence-corrected chi connectivity index (χ4v) is 2.12. The van der Waals surface area contributed by atoms with Gasteiger partial charge in [0.05, 0.1) is 11.4 Å². The zero-order valence-electron chi connectivity index (χ0n) is 10.1. The number of fused-ring (bicyclic) bond motifs is 1. The summed E-state index contributed by atoms with van der Waals surface area (Å²) in [5.74, 6) is 0. The molecule has 0 unspecified atom stereocenters. The Kier molecular flexibility index (Phi) is 2.57. The Bertz CT molecular complexity index is 671. The van der Waals surface area contributed by atoms with E-state index in [4.69, 9.17) is 5.73 Å². The highest BCUT2D eigenvalue weighted by Crippen LogP contribution is 2.27. The largest absolute Gasteiger partial charge is 0.323 e. The maximum Gasteiger partial charge on any atom is 0.137 e. The van der Waals surface area contributed by atoms with Crippen LogP contribution in [0.4, 0.5) is 0 Å². The SMILES string of the molecule is C[C@H](N)c1nc2ccccn2c1-c1cccnc1. The maximum absolute atomic E-state index is 6.02. The molecule has 0 spiro atoms. The maximum atomic E-state index is 6.02. The minimum absolute atomic E-state index is 0.111. The van der Waals surface area contributed by atoms with Crippen molar-refractivity contribution in [2.45, 2.75) is 13.0 Å². The van der Waals surface area contributed by atoms with Crippen LogP contribution in [0.25, 0.3) is 16.9 Å². The first-order valence-electron chi connectivity index (χ1n) is 5.90. The summed E-state index contributed by atoms with van der Waals surface area (Å²) in [6.07, 6.45) is 5.59. The molecule has 90 valence electrons. The third kappa shape index (κ3) is 1.67. The van der Waals surface area contributed by atoms with Crippen LogP contribution in [-0.2, 0) is 0 Å². The minimum atomic E-state index is -0.111. The molecule has 2 N–H and O–H groups in total. The topological polar surface area (TPSA) is 56.2 Å². The molecule has 0 aliphatic carbocycles. The number of rotatable bonds is 2. The molecule has 0 amide bonds. The number of nitrogens with two attached hydrogens (primary N) is 1. The molecule has 3 heterocycles. The van der Waals surface area contributed by atoms with Crippen LogP contribution in [0.15, 0.2) is 48.9 Å². The molecule has 0 fully saturated rings. The summed E-state index contributed by atoms with van der Waals surface area (Å²) < 4.78 is 2.05. The van der Waals surface area contributed by atoms with Crippen molar-refractivity contribution in [1.82, 2.24) is 14.4 Å². The molecule has 0 radical (unpaired) electrons. The lowest BCUT2D eigenvalue weighted by Crippen LogP contribution is -2.07. The van der Waals surface area contributed by atoms with Crippen LogP contribution >= 0.6 is 0 Å². The molecular formula is C14H14N4. The Labute approximate surface area is 105 Å². The van der Waals surface area contributed by atoms with Gasteiger partial charge >= 0.3 is 0 Å². The monoisotopic (exact) mass is 238 g/mol. The van der Waals surface area contributed by atoms with Crippen LogP contribution in [0.3, 0.4) is 0 Å². The first kappa shape index (κ1) is 10.9. The molecule has 0 bridgehead atoms. The van der Waals surface area contributed by atoms with Gasteiger partial charge in [-0.1, -0.05) is 6.07 Å². The summed E-state index contributed by atoms with van der Waals surface area (Å²) in [6, 6.07) is 9.77. The first-order chi connectivity index (χ1) is 8.77. The second-order valence-corrected chi connectivity index (χ2v) is 4.30. The number of imidazole rings is 1. The van der Waals surface area contributed by atoms with Crippen LogP contribution in [0.1, 0.15) is 18.7 Å². The fraction of sp³-hybridized carbons (Fsp3) is 0.143. The molecule has 0 aromatic carbocycles. The Balaban J connectivity index is 2.35. The van der Waals surface area contributed by atoms with Crippen LogP contribution in [0.5, 0.6) is 0 Å². The highest BCUT2D eigenvalue weighted by Gasteiger charge is 2.16. The van der Waals surface area contributed by atoms with E-state index >= 15 is 0 Å². The molecule has 3 aromatic rings. The smallest absolute Gasteiger partial charge is 0.137 e. The summed E-state index contributed by atoms with van der Waals surface area (Å²) in [4.78, 5) is 8.76.